The Morgan fingerprint density at radius 3 is 1.81 bits per heavy atom. The predicted octanol–water partition coefficient (Wildman–Crippen LogP) is 12.6. The zero-order valence-electron chi connectivity index (χ0n) is 27.7. The van der Waals surface area contributed by atoms with Crippen LogP contribution >= 0.6 is 0 Å². The van der Waals surface area contributed by atoms with Crippen LogP contribution in [0.25, 0.3) is 111 Å². The van der Waals surface area contributed by atoms with Gasteiger partial charge in [-0.05, 0) is 69.1 Å². The lowest BCUT2D eigenvalue weighted by Crippen LogP contribution is -2.01. The van der Waals surface area contributed by atoms with E-state index in [1.54, 1.807) is 0 Å². The molecule has 242 valence electrons. The lowest BCUT2D eigenvalue weighted by molar-refractivity contribution is 0.668. The van der Waals surface area contributed by atoms with E-state index in [1.807, 2.05) is 48.5 Å². The highest BCUT2D eigenvalue weighted by Crippen LogP contribution is 2.42. The quantitative estimate of drug-likeness (QED) is 0.187. The Hall–Kier alpha value is -7.11. The first-order valence-corrected chi connectivity index (χ1v) is 17.3. The van der Waals surface area contributed by atoms with Crippen molar-refractivity contribution in [3.05, 3.63) is 164 Å². The van der Waals surface area contributed by atoms with Crippen LogP contribution in [0.2, 0.25) is 0 Å². The van der Waals surface area contributed by atoms with Crippen molar-refractivity contribution in [2.75, 3.05) is 0 Å². The van der Waals surface area contributed by atoms with Crippen LogP contribution in [0, 0.1) is 0 Å². The van der Waals surface area contributed by atoms with Gasteiger partial charge in [0.1, 0.15) is 22.3 Å². The first-order valence-electron chi connectivity index (χ1n) is 17.3. The van der Waals surface area contributed by atoms with Crippen LogP contribution in [0.3, 0.4) is 0 Å². The van der Waals surface area contributed by atoms with Gasteiger partial charge < -0.3 is 8.83 Å². The minimum Gasteiger partial charge on any atom is -0.456 e. The van der Waals surface area contributed by atoms with E-state index in [2.05, 4.69) is 115 Å². The summed E-state index contributed by atoms with van der Waals surface area (Å²) in [5, 5.41) is 8.64. The monoisotopic (exact) mass is 665 g/mol. The van der Waals surface area contributed by atoms with E-state index in [4.69, 9.17) is 23.8 Å². The van der Waals surface area contributed by atoms with Crippen molar-refractivity contribution < 1.29 is 8.83 Å². The summed E-state index contributed by atoms with van der Waals surface area (Å²) in [6.07, 6.45) is 0. The molecule has 0 saturated heterocycles. The molecule has 11 rings (SSSR count). The highest BCUT2D eigenvalue weighted by Gasteiger charge is 2.22. The summed E-state index contributed by atoms with van der Waals surface area (Å²) in [5.74, 6) is 1.67. The summed E-state index contributed by atoms with van der Waals surface area (Å²) in [7, 11) is 0. The molecular formula is C47H27N3O2. The number of para-hydroxylation sites is 3. The van der Waals surface area contributed by atoms with Crippen LogP contribution < -0.4 is 0 Å². The van der Waals surface area contributed by atoms with Gasteiger partial charge in [-0.1, -0.05) is 127 Å². The molecule has 0 N–H and O–H groups in total. The van der Waals surface area contributed by atoms with Crippen molar-refractivity contribution in [2.24, 2.45) is 0 Å². The van der Waals surface area contributed by atoms with E-state index in [9.17, 15) is 0 Å². The van der Waals surface area contributed by atoms with Gasteiger partial charge in [-0.25, -0.2) is 15.0 Å². The minimum absolute atomic E-state index is 0.536. The summed E-state index contributed by atoms with van der Waals surface area (Å²) < 4.78 is 13.1. The average Bonchev–Trinajstić information content (AvgIpc) is 3.78. The zero-order chi connectivity index (χ0) is 34.2. The van der Waals surface area contributed by atoms with Crippen molar-refractivity contribution >= 4 is 65.4 Å². The fourth-order valence-corrected chi connectivity index (χ4v) is 7.66. The molecule has 5 heteroatoms. The number of fused-ring (bicyclic) bond motifs is 8. The summed E-state index contributed by atoms with van der Waals surface area (Å²) >= 11 is 0. The maximum absolute atomic E-state index is 6.57. The van der Waals surface area contributed by atoms with E-state index < -0.39 is 0 Å². The van der Waals surface area contributed by atoms with Gasteiger partial charge in [0.2, 0.25) is 0 Å². The summed E-state index contributed by atoms with van der Waals surface area (Å²) in [5.41, 5.74) is 7.85. The third-order valence-corrected chi connectivity index (χ3v) is 10.1. The number of nitrogens with zero attached hydrogens (tertiary/aromatic N) is 3. The third kappa shape index (κ3) is 4.46. The molecule has 52 heavy (non-hydrogen) atoms. The largest absolute Gasteiger partial charge is 0.456 e. The fourth-order valence-electron chi connectivity index (χ4n) is 7.66. The Kier molecular flexibility index (Phi) is 6.18. The molecule has 0 aliphatic carbocycles. The van der Waals surface area contributed by atoms with Crippen molar-refractivity contribution in [1.82, 2.24) is 15.0 Å². The number of benzene rings is 8. The van der Waals surface area contributed by atoms with Gasteiger partial charge in [0.05, 0.1) is 5.56 Å². The highest BCUT2D eigenvalue weighted by atomic mass is 16.3. The van der Waals surface area contributed by atoms with Gasteiger partial charge in [-0.2, -0.15) is 0 Å². The van der Waals surface area contributed by atoms with Gasteiger partial charge in [0.15, 0.2) is 17.5 Å². The number of furan rings is 2. The van der Waals surface area contributed by atoms with Crippen LogP contribution in [0.15, 0.2) is 173 Å². The Morgan fingerprint density at radius 1 is 0.327 bits per heavy atom. The van der Waals surface area contributed by atoms with Crippen LogP contribution in [0.4, 0.5) is 0 Å². The van der Waals surface area contributed by atoms with Gasteiger partial charge in [-0.15, -0.1) is 0 Å². The molecule has 0 radical (unpaired) electrons. The van der Waals surface area contributed by atoms with E-state index in [1.165, 1.54) is 5.39 Å². The normalized spacial score (nSPS) is 11.8. The molecule has 0 saturated carbocycles. The first kappa shape index (κ1) is 28.7. The SMILES string of the molecule is c1ccc2cc(-c3nc(-c4cccc5c4oc4ccccc45)nc(-c4cc(-c5cccc6ccccc56)cc5oc6ccccc6c45)n3)ccc2c1. The number of hydrogen-bond donors (Lipinski definition) is 0. The molecule has 0 amide bonds. The van der Waals surface area contributed by atoms with Crippen LogP contribution in [-0.4, -0.2) is 15.0 Å². The lowest BCUT2D eigenvalue weighted by atomic mass is 9.94. The smallest absolute Gasteiger partial charge is 0.167 e. The molecule has 0 fully saturated rings. The first-order chi connectivity index (χ1) is 25.7. The van der Waals surface area contributed by atoms with Crippen LogP contribution in [0.5, 0.6) is 0 Å². The summed E-state index contributed by atoms with van der Waals surface area (Å²) in [4.78, 5) is 15.7. The van der Waals surface area contributed by atoms with Gasteiger partial charge in [-0.3, -0.25) is 0 Å². The number of aromatic nitrogens is 3. The minimum atomic E-state index is 0.536. The Morgan fingerprint density at radius 2 is 0.942 bits per heavy atom. The number of rotatable bonds is 4. The van der Waals surface area contributed by atoms with Crippen LogP contribution in [-0.2, 0) is 0 Å². The topological polar surface area (TPSA) is 65.0 Å². The molecule has 0 atom stereocenters. The average molecular weight is 666 g/mol. The molecule has 3 aromatic heterocycles. The lowest BCUT2D eigenvalue weighted by Gasteiger charge is -2.12. The molecule has 8 aromatic carbocycles. The molecule has 0 aliphatic heterocycles. The van der Waals surface area contributed by atoms with E-state index in [0.717, 1.165) is 87.9 Å². The Balaban J connectivity index is 1.23. The predicted molar refractivity (Wildman–Crippen MR) is 211 cm³/mol. The molecule has 5 nitrogen and oxygen atoms in total. The third-order valence-electron chi connectivity index (χ3n) is 10.1. The zero-order valence-corrected chi connectivity index (χ0v) is 27.7. The van der Waals surface area contributed by atoms with Gasteiger partial charge in [0.25, 0.3) is 0 Å². The van der Waals surface area contributed by atoms with Gasteiger partial charge in [0, 0.05) is 32.7 Å². The van der Waals surface area contributed by atoms with E-state index in [0.29, 0.717) is 17.5 Å². The molecule has 0 spiro atoms. The molecule has 0 unspecified atom stereocenters. The molecular weight excluding hydrogens is 639 g/mol. The van der Waals surface area contributed by atoms with E-state index in [-0.39, 0.29) is 0 Å². The Labute approximate surface area is 297 Å². The second-order valence-electron chi connectivity index (χ2n) is 13.2. The second kappa shape index (κ2) is 11.2. The fraction of sp³-hybridized carbons (Fsp3) is 0. The standard InChI is InChI=1S/C47H27N3O2/c1-2-13-30-25-31(24-23-28(30)11-1)45-48-46(38-20-10-19-36-35-16-5-7-21-40(35)52-44(36)38)50-47(49-45)39-26-32(34-18-9-14-29-12-3-4-15-33(29)34)27-42-43(39)37-17-6-8-22-41(37)51-42/h1-27H. The second-order valence-corrected chi connectivity index (χ2v) is 13.2. The van der Waals surface area contributed by atoms with E-state index >= 15 is 0 Å². The Bertz CT molecular complexity index is 3200. The maximum Gasteiger partial charge on any atom is 0.167 e. The van der Waals surface area contributed by atoms with Crippen molar-refractivity contribution in [1.29, 1.82) is 0 Å². The van der Waals surface area contributed by atoms with Gasteiger partial charge >= 0.3 is 0 Å². The molecule has 0 aliphatic rings. The summed E-state index contributed by atoms with van der Waals surface area (Å²) in [6.45, 7) is 0. The summed E-state index contributed by atoms with van der Waals surface area (Å²) in [6, 6.07) is 56.4. The molecule has 11 aromatic rings. The molecule has 3 heterocycles. The number of hydrogen-bond acceptors (Lipinski definition) is 5. The van der Waals surface area contributed by atoms with Crippen LogP contribution in [0.1, 0.15) is 0 Å². The highest BCUT2D eigenvalue weighted by molar-refractivity contribution is 6.14. The van der Waals surface area contributed by atoms with Crippen molar-refractivity contribution in [2.45, 2.75) is 0 Å². The maximum atomic E-state index is 6.57. The molecule has 0 bridgehead atoms. The van der Waals surface area contributed by atoms with Crippen molar-refractivity contribution in [3.8, 4) is 45.3 Å². The van der Waals surface area contributed by atoms with Crippen molar-refractivity contribution in [3.63, 3.8) is 0 Å².